The van der Waals surface area contributed by atoms with Crippen LogP contribution in [0.4, 0.5) is 0 Å². The Morgan fingerprint density at radius 3 is 1.76 bits per heavy atom. The second-order valence-corrected chi connectivity index (χ2v) is 13.5. The van der Waals surface area contributed by atoms with Crippen molar-refractivity contribution in [2.75, 3.05) is 6.61 Å². The van der Waals surface area contributed by atoms with Gasteiger partial charge in [0.05, 0.1) is 6.61 Å². The third kappa shape index (κ3) is 5.88. The lowest BCUT2D eigenvalue weighted by atomic mass is 10.1. The minimum absolute atomic E-state index is 0.610. The molecule has 3 heteroatoms. The Morgan fingerprint density at radius 1 is 1.00 bits per heavy atom. The minimum atomic E-state index is -1.79. The normalized spacial score (nSPS) is 14.5. The first-order valence-electron chi connectivity index (χ1n) is 7.88. The fourth-order valence-electron chi connectivity index (χ4n) is 3.18. The molecule has 0 radical (unpaired) electrons. The van der Waals surface area contributed by atoms with E-state index in [9.17, 15) is 0 Å². The molecule has 0 bridgehead atoms. The first-order chi connectivity index (χ1) is 9.55. The Balaban J connectivity index is 5.05. The van der Waals surface area contributed by atoms with Gasteiger partial charge in [0, 0.05) is 0 Å². The van der Waals surface area contributed by atoms with Crippen molar-refractivity contribution in [1.82, 2.24) is 0 Å². The van der Waals surface area contributed by atoms with E-state index in [1.54, 1.807) is 0 Å². The number of rotatable bonds is 8. The van der Waals surface area contributed by atoms with E-state index in [2.05, 4.69) is 83.1 Å². The molecule has 0 aromatic carbocycles. The summed E-state index contributed by atoms with van der Waals surface area (Å²) in [5.41, 5.74) is 4.10. The van der Waals surface area contributed by atoms with Crippen LogP contribution in [-0.2, 0) is 4.43 Å². The molecule has 1 nitrogen and oxygen atoms in total. The highest BCUT2D eigenvalue weighted by molar-refractivity contribution is 9.11. The maximum absolute atomic E-state index is 6.57. The summed E-state index contributed by atoms with van der Waals surface area (Å²) in [4.78, 5) is 0. The summed E-state index contributed by atoms with van der Waals surface area (Å²) in [5, 5.41) is 0. The first-order valence-corrected chi connectivity index (χ1v) is 10.8. The van der Waals surface area contributed by atoms with Gasteiger partial charge in [0.2, 0.25) is 8.32 Å². The maximum atomic E-state index is 6.57. The molecule has 0 aromatic rings. The lowest BCUT2D eigenvalue weighted by Gasteiger charge is -2.42. The van der Waals surface area contributed by atoms with Gasteiger partial charge < -0.3 is 4.43 Å². The predicted octanol–water partition coefficient (Wildman–Crippen LogP) is 6.98. The van der Waals surface area contributed by atoms with Gasteiger partial charge >= 0.3 is 0 Å². The highest BCUT2D eigenvalue weighted by Gasteiger charge is 2.44. The van der Waals surface area contributed by atoms with Crippen molar-refractivity contribution in [3.05, 3.63) is 34.4 Å². The lowest BCUT2D eigenvalue weighted by Crippen LogP contribution is -2.48. The summed E-state index contributed by atoms with van der Waals surface area (Å²) in [7, 11) is -1.79. The van der Waals surface area contributed by atoms with Crippen molar-refractivity contribution >= 4 is 24.2 Å². The Labute approximate surface area is 141 Å². The molecule has 0 aliphatic rings. The van der Waals surface area contributed by atoms with E-state index < -0.39 is 8.32 Å². The summed E-state index contributed by atoms with van der Waals surface area (Å²) in [6.45, 7) is 22.9. The van der Waals surface area contributed by atoms with Gasteiger partial charge in [-0.15, -0.1) is 0 Å². The topological polar surface area (TPSA) is 9.23 Å². The summed E-state index contributed by atoms with van der Waals surface area (Å²) >= 11 is 3.44. The fraction of sp³-hybridized carbons (Fsp3) is 0.667. The monoisotopic (exact) mass is 372 g/mol. The lowest BCUT2D eigenvalue weighted by molar-refractivity contribution is 0.309. The van der Waals surface area contributed by atoms with Crippen molar-refractivity contribution in [2.24, 2.45) is 0 Å². The van der Waals surface area contributed by atoms with Gasteiger partial charge in [-0.05, 0) is 46.1 Å². The van der Waals surface area contributed by atoms with E-state index in [1.807, 2.05) is 6.92 Å². The predicted molar refractivity (Wildman–Crippen MR) is 103 cm³/mol. The van der Waals surface area contributed by atoms with Gasteiger partial charge in [-0.2, -0.15) is 0 Å². The average molecular weight is 373 g/mol. The SMILES string of the molecule is C=C(CO[Si](C(C)C)(C(C)C)C(C)C)/C(C)=C/C=C(/C)Br. The molecule has 0 saturated heterocycles. The zero-order chi connectivity index (χ0) is 16.8. The average Bonchev–Trinajstić information content (AvgIpc) is 2.34. The molecule has 0 atom stereocenters. The highest BCUT2D eigenvalue weighted by Crippen LogP contribution is 2.42. The zero-order valence-electron chi connectivity index (χ0n) is 15.1. The molecule has 0 amide bonds. The molecule has 122 valence electrons. The smallest absolute Gasteiger partial charge is 0.200 e. The van der Waals surface area contributed by atoms with Crippen LogP contribution in [-0.4, -0.2) is 14.9 Å². The fourth-order valence-corrected chi connectivity index (χ4v) is 8.74. The van der Waals surface area contributed by atoms with Gasteiger partial charge in [0.25, 0.3) is 0 Å². The second-order valence-electron chi connectivity index (χ2n) is 6.81. The van der Waals surface area contributed by atoms with Crippen LogP contribution in [0, 0.1) is 0 Å². The minimum Gasteiger partial charge on any atom is -0.412 e. The molecule has 0 unspecified atom stereocenters. The van der Waals surface area contributed by atoms with E-state index >= 15 is 0 Å². The molecule has 0 fully saturated rings. The molecule has 0 aromatic heterocycles. The van der Waals surface area contributed by atoms with Crippen LogP contribution in [0.15, 0.2) is 34.4 Å². The Kier molecular flexibility index (Phi) is 9.06. The second kappa shape index (κ2) is 9.11. The van der Waals surface area contributed by atoms with Crippen LogP contribution in [0.1, 0.15) is 55.4 Å². The van der Waals surface area contributed by atoms with Crippen LogP contribution in [0.2, 0.25) is 16.6 Å². The van der Waals surface area contributed by atoms with E-state index in [4.69, 9.17) is 4.43 Å². The van der Waals surface area contributed by atoms with Crippen molar-refractivity contribution in [2.45, 2.75) is 72.0 Å². The van der Waals surface area contributed by atoms with Gasteiger partial charge in [-0.1, -0.05) is 76.2 Å². The number of hydrogen-bond donors (Lipinski definition) is 0. The molecule has 0 rings (SSSR count). The summed E-state index contributed by atoms with van der Waals surface area (Å²) in [6, 6.07) is 0. The Morgan fingerprint density at radius 2 is 1.43 bits per heavy atom. The molecular formula is C18H33BrOSi. The van der Waals surface area contributed by atoms with E-state index in [0.717, 1.165) is 10.1 Å². The molecule has 0 heterocycles. The molecule has 0 aliphatic carbocycles. The van der Waals surface area contributed by atoms with E-state index in [0.29, 0.717) is 23.2 Å². The van der Waals surface area contributed by atoms with Gasteiger partial charge in [-0.25, -0.2) is 0 Å². The standard InChI is InChI=1S/C18H33BrOSi/c1-13(2)21(14(3)4,15(5)6)20-12-17(8)16(7)10-11-18(9)19/h10-11,13-15H,8,12H2,1-7,9H3/b16-10+,18-11-. The third-order valence-corrected chi connectivity index (χ3v) is 10.6. The van der Waals surface area contributed by atoms with Crippen LogP contribution in [0.3, 0.4) is 0 Å². The molecule has 0 saturated carbocycles. The van der Waals surface area contributed by atoms with Gasteiger partial charge in [0.1, 0.15) is 0 Å². The summed E-state index contributed by atoms with van der Waals surface area (Å²) in [5.74, 6) is 0. The number of hydrogen-bond acceptors (Lipinski definition) is 1. The van der Waals surface area contributed by atoms with Crippen molar-refractivity contribution in [3.63, 3.8) is 0 Å². The summed E-state index contributed by atoms with van der Waals surface area (Å²) in [6.07, 6.45) is 4.15. The summed E-state index contributed by atoms with van der Waals surface area (Å²) < 4.78 is 7.69. The van der Waals surface area contributed by atoms with Gasteiger partial charge in [0.15, 0.2) is 0 Å². The van der Waals surface area contributed by atoms with E-state index in [-0.39, 0.29) is 0 Å². The highest BCUT2D eigenvalue weighted by atomic mass is 79.9. The van der Waals surface area contributed by atoms with Crippen molar-refractivity contribution < 1.29 is 4.43 Å². The largest absolute Gasteiger partial charge is 0.412 e. The Hall–Kier alpha value is -0.123. The van der Waals surface area contributed by atoms with Crippen LogP contribution >= 0.6 is 15.9 Å². The molecule has 0 aliphatic heterocycles. The molecule has 21 heavy (non-hydrogen) atoms. The van der Waals surface area contributed by atoms with Crippen LogP contribution in [0.25, 0.3) is 0 Å². The molecule has 0 N–H and O–H groups in total. The van der Waals surface area contributed by atoms with E-state index in [1.165, 1.54) is 5.57 Å². The number of allylic oxidation sites excluding steroid dienone is 3. The quantitative estimate of drug-likeness (QED) is 0.329. The van der Waals surface area contributed by atoms with Gasteiger partial charge in [-0.3, -0.25) is 0 Å². The Bertz CT molecular complexity index is 380. The van der Waals surface area contributed by atoms with Crippen molar-refractivity contribution in [3.8, 4) is 0 Å². The third-order valence-electron chi connectivity index (χ3n) is 4.32. The zero-order valence-corrected chi connectivity index (χ0v) is 17.7. The van der Waals surface area contributed by atoms with Crippen LogP contribution < -0.4 is 0 Å². The maximum Gasteiger partial charge on any atom is 0.200 e. The van der Waals surface area contributed by atoms with Crippen LogP contribution in [0.5, 0.6) is 0 Å². The van der Waals surface area contributed by atoms with Crippen molar-refractivity contribution in [1.29, 1.82) is 0 Å². The number of halogens is 1. The molecular weight excluding hydrogens is 340 g/mol. The first kappa shape index (κ1) is 20.9. The molecule has 0 spiro atoms.